The molecule has 0 aliphatic heterocycles. The molecule has 2 N–H and O–H groups in total. The molecule has 0 aromatic carbocycles. The van der Waals surface area contributed by atoms with Gasteiger partial charge < -0.3 is 10.5 Å². The van der Waals surface area contributed by atoms with Crippen LogP contribution >= 0.6 is 0 Å². The van der Waals surface area contributed by atoms with Gasteiger partial charge in [0, 0.05) is 12.2 Å². The van der Waals surface area contributed by atoms with E-state index in [9.17, 15) is 13.2 Å². The summed E-state index contributed by atoms with van der Waals surface area (Å²) in [6, 6.07) is 3.35. The number of aromatic nitrogens is 1. The summed E-state index contributed by atoms with van der Waals surface area (Å²) in [6.07, 6.45) is -3.73. The Labute approximate surface area is 104 Å². The number of pyridine rings is 1. The summed E-state index contributed by atoms with van der Waals surface area (Å²) in [7, 11) is 0. The minimum absolute atomic E-state index is 0.394. The maximum absolute atomic E-state index is 12.5. The lowest BCUT2D eigenvalue weighted by molar-refractivity contribution is -0.178. The maximum Gasteiger partial charge on any atom is 0.396 e. The van der Waals surface area contributed by atoms with Gasteiger partial charge in [-0.1, -0.05) is 6.92 Å². The van der Waals surface area contributed by atoms with Gasteiger partial charge in [0.05, 0.1) is 5.69 Å². The number of nitrogens with zero attached hydrogens (tertiary/aromatic N) is 1. The molecule has 6 heteroatoms. The number of aryl methyl sites for hydroxylation is 2. The molecule has 1 atom stereocenters. The second-order valence-electron chi connectivity index (χ2n) is 4.04. The Bertz CT molecular complexity index is 393. The van der Waals surface area contributed by atoms with Crippen molar-refractivity contribution in [3.8, 4) is 5.75 Å². The molecule has 1 heterocycles. The van der Waals surface area contributed by atoms with E-state index in [-0.39, 0.29) is 0 Å². The summed E-state index contributed by atoms with van der Waals surface area (Å²) in [5.41, 5.74) is 6.57. The Morgan fingerprint density at radius 3 is 2.56 bits per heavy atom. The standard InChI is InChI=1S/C12H17F3N2O/c1-3-10-11(5-4-8(2)17-10)18-7-9(6-16)12(13,14)15/h4-5,9H,3,6-7,16H2,1-2H3. The molecular weight excluding hydrogens is 245 g/mol. The van der Waals surface area contributed by atoms with Crippen molar-refractivity contribution in [3.05, 3.63) is 23.5 Å². The first kappa shape index (κ1) is 14.8. The van der Waals surface area contributed by atoms with Crippen LogP contribution in [0.15, 0.2) is 12.1 Å². The highest BCUT2D eigenvalue weighted by atomic mass is 19.4. The Kier molecular flexibility index (Phi) is 4.95. The molecule has 1 rings (SSSR count). The third-order valence-electron chi connectivity index (χ3n) is 2.59. The van der Waals surface area contributed by atoms with Crippen molar-refractivity contribution in [2.75, 3.05) is 13.2 Å². The molecule has 0 saturated carbocycles. The lowest BCUT2D eigenvalue weighted by Gasteiger charge is -2.19. The van der Waals surface area contributed by atoms with Gasteiger partial charge in [-0.05, 0) is 25.5 Å². The lowest BCUT2D eigenvalue weighted by atomic mass is 10.1. The predicted octanol–water partition coefficient (Wildman–Crippen LogP) is 2.47. The van der Waals surface area contributed by atoms with Crippen molar-refractivity contribution in [2.45, 2.75) is 26.4 Å². The summed E-state index contributed by atoms with van der Waals surface area (Å²) in [4.78, 5) is 4.22. The number of rotatable bonds is 5. The molecular formula is C12H17F3N2O. The summed E-state index contributed by atoms with van der Waals surface area (Å²) in [5.74, 6) is -1.26. The van der Waals surface area contributed by atoms with E-state index in [0.29, 0.717) is 17.9 Å². The summed E-state index contributed by atoms with van der Waals surface area (Å²) in [6.45, 7) is 2.74. The zero-order valence-corrected chi connectivity index (χ0v) is 10.4. The fourth-order valence-corrected chi connectivity index (χ4v) is 1.47. The second-order valence-corrected chi connectivity index (χ2v) is 4.04. The second kappa shape index (κ2) is 6.04. The predicted molar refractivity (Wildman–Crippen MR) is 62.4 cm³/mol. The van der Waals surface area contributed by atoms with E-state index in [2.05, 4.69) is 4.98 Å². The van der Waals surface area contributed by atoms with Gasteiger partial charge in [0.15, 0.2) is 0 Å². The largest absolute Gasteiger partial charge is 0.491 e. The van der Waals surface area contributed by atoms with E-state index >= 15 is 0 Å². The number of alkyl halides is 3. The number of hydrogen-bond acceptors (Lipinski definition) is 3. The number of halogens is 3. The van der Waals surface area contributed by atoms with Crippen LogP contribution < -0.4 is 10.5 Å². The van der Waals surface area contributed by atoms with Crippen molar-refractivity contribution in [3.63, 3.8) is 0 Å². The van der Waals surface area contributed by atoms with Gasteiger partial charge in [0.2, 0.25) is 0 Å². The van der Waals surface area contributed by atoms with Gasteiger partial charge in [-0.25, -0.2) is 0 Å². The van der Waals surface area contributed by atoms with E-state index in [1.165, 1.54) is 0 Å². The summed E-state index contributed by atoms with van der Waals surface area (Å²) < 4.78 is 42.7. The smallest absolute Gasteiger partial charge is 0.396 e. The number of ether oxygens (including phenoxy) is 1. The van der Waals surface area contributed by atoms with E-state index in [1.54, 1.807) is 12.1 Å². The zero-order chi connectivity index (χ0) is 13.8. The highest BCUT2D eigenvalue weighted by Crippen LogP contribution is 2.27. The van der Waals surface area contributed by atoms with Crippen LogP contribution in [-0.2, 0) is 6.42 Å². The molecule has 0 amide bonds. The van der Waals surface area contributed by atoms with Gasteiger partial charge in [-0.3, -0.25) is 4.98 Å². The van der Waals surface area contributed by atoms with Gasteiger partial charge in [0.1, 0.15) is 18.3 Å². The molecule has 0 fully saturated rings. The molecule has 1 aromatic heterocycles. The van der Waals surface area contributed by atoms with Gasteiger partial charge in [-0.15, -0.1) is 0 Å². The molecule has 0 bridgehead atoms. The van der Waals surface area contributed by atoms with Gasteiger partial charge in [-0.2, -0.15) is 13.2 Å². The van der Waals surface area contributed by atoms with Gasteiger partial charge in [0.25, 0.3) is 0 Å². The van der Waals surface area contributed by atoms with E-state index in [4.69, 9.17) is 10.5 Å². The molecule has 1 unspecified atom stereocenters. The van der Waals surface area contributed by atoms with Crippen molar-refractivity contribution in [2.24, 2.45) is 11.7 Å². The average Bonchev–Trinajstić information content (AvgIpc) is 2.29. The van der Waals surface area contributed by atoms with Crippen molar-refractivity contribution in [1.82, 2.24) is 4.98 Å². The van der Waals surface area contributed by atoms with Crippen LogP contribution in [-0.4, -0.2) is 24.3 Å². The first-order valence-electron chi connectivity index (χ1n) is 5.74. The minimum atomic E-state index is -4.33. The number of nitrogens with two attached hydrogens (primary N) is 1. The van der Waals surface area contributed by atoms with Gasteiger partial charge >= 0.3 is 6.18 Å². The average molecular weight is 262 g/mol. The zero-order valence-electron chi connectivity index (χ0n) is 10.4. The fourth-order valence-electron chi connectivity index (χ4n) is 1.47. The Balaban J connectivity index is 2.73. The Morgan fingerprint density at radius 1 is 1.39 bits per heavy atom. The van der Waals surface area contributed by atoms with Crippen molar-refractivity contribution in [1.29, 1.82) is 0 Å². The van der Waals surface area contributed by atoms with E-state index < -0.39 is 25.2 Å². The van der Waals surface area contributed by atoms with Crippen molar-refractivity contribution >= 4 is 0 Å². The first-order chi connectivity index (χ1) is 8.38. The fraction of sp³-hybridized carbons (Fsp3) is 0.583. The quantitative estimate of drug-likeness (QED) is 0.886. The highest BCUT2D eigenvalue weighted by molar-refractivity contribution is 5.29. The molecule has 3 nitrogen and oxygen atoms in total. The lowest BCUT2D eigenvalue weighted by Crippen LogP contribution is -2.35. The molecule has 1 aromatic rings. The Hall–Kier alpha value is -1.30. The van der Waals surface area contributed by atoms with Crippen LogP contribution in [0.4, 0.5) is 13.2 Å². The molecule has 0 spiro atoms. The van der Waals surface area contributed by atoms with Crippen LogP contribution in [0.1, 0.15) is 18.3 Å². The molecule has 102 valence electrons. The Morgan fingerprint density at radius 2 is 2.06 bits per heavy atom. The third kappa shape index (κ3) is 3.87. The molecule has 18 heavy (non-hydrogen) atoms. The maximum atomic E-state index is 12.5. The third-order valence-corrected chi connectivity index (χ3v) is 2.59. The monoisotopic (exact) mass is 262 g/mol. The van der Waals surface area contributed by atoms with Crippen molar-refractivity contribution < 1.29 is 17.9 Å². The normalized spacial score (nSPS) is 13.4. The first-order valence-corrected chi connectivity index (χ1v) is 5.74. The molecule has 0 aliphatic carbocycles. The molecule has 0 saturated heterocycles. The van der Waals surface area contributed by atoms with Crippen LogP contribution in [0.25, 0.3) is 0 Å². The molecule has 0 radical (unpaired) electrons. The van der Waals surface area contributed by atoms with Crippen LogP contribution in [0, 0.1) is 12.8 Å². The highest BCUT2D eigenvalue weighted by Gasteiger charge is 2.39. The van der Waals surface area contributed by atoms with Crippen LogP contribution in [0.3, 0.4) is 0 Å². The topological polar surface area (TPSA) is 48.1 Å². The van der Waals surface area contributed by atoms with Crippen LogP contribution in [0.2, 0.25) is 0 Å². The summed E-state index contributed by atoms with van der Waals surface area (Å²) in [5, 5.41) is 0. The molecule has 0 aliphatic rings. The minimum Gasteiger partial charge on any atom is -0.491 e. The SMILES string of the molecule is CCc1nc(C)ccc1OCC(CN)C(F)(F)F. The summed E-state index contributed by atoms with van der Waals surface area (Å²) >= 11 is 0. The van der Waals surface area contributed by atoms with E-state index in [1.807, 2.05) is 13.8 Å². The number of hydrogen-bond donors (Lipinski definition) is 1. The van der Waals surface area contributed by atoms with E-state index in [0.717, 1.165) is 5.69 Å². The van der Waals surface area contributed by atoms with Crippen LogP contribution in [0.5, 0.6) is 5.75 Å².